The van der Waals surface area contributed by atoms with Crippen molar-refractivity contribution < 1.29 is 19.4 Å². The summed E-state index contributed by atoms with van der Waals surface area (Å²) in [6.45, 7) is 3.52. The van der Waals surface area contributed by atoms with Gasteiger partial charge < -0.3 is 19.5 Å². The molecule has 1 aromatic carbocycles. The molecule has 0 saturated carbocycles. The van der Waals surface area contributed by atoms with Gasteiger partial charge in [-0.3, -0.25) is 4.79 Å². The normalized spacial score (nSPS) is 19.4. The first-order valence-corrected chi connectivity index (χ1v) is 7.01. The Morgan fingerprint density at radius 3 is 2.80 bits per heavy atom. The molecule has 1 amide bonds. The van der Waals surface area contributed by atoms with Crippen molar-refractivity contribution in [3.05, 3.63) is 22.7 Å². The number of β-amino-alcohol motifs (C(OH)–C–C–N with tert-alkyl or cyclic N) is 1. The van der Waals surface area contributed by atoms with E-state index in [1.165, 1.54) is 0 Å². The van der Waals surface area contributed by atoms with E-state index in [1.807, 2.05) is 6.92 Å². The molecule has 2 aliphatic heterocycles. The average molecular weight is 298 g/mol. The molecule has 2 aliphatic rings. The fourth-order valence-corrected chi connectivity index (χ4v) is 2.71. The molecule has 0 unspecified atom stereocenters. The minimum atomic E-state index is -0.743. The van der Waals surface area contributed by atoms with E-state index >= 15 is 0 Å². The van der Waals surface area contributed by atoms with Gasteiger partial charge in [0.15, 0.2) is 11.5 Å². The summed E-state index contributed by atoms with van der Waals surface area (Å²) >= 11 is 6.12. The van der Waals surface area contributed by atoms with Gasteiger partial charge in [-0.05, 0) is 18.6 Å². The molecule has 1 saturated heterocycles. The van der Waals surface area contributed by atoms with Gasteiger partial charge in [0.25, 0.3) is 5.91 Å². The minimum Gasteiger partial charge on any atom is -0.486 e. The van der Waals surface area contributed by atoms with Gasteiger partial charge in [0.1, 0.15) is 13.2 Å². The van der Waals surface area contributed by atoms with E-state index in [4.69, 9.17) is 21.1 Å². The molecule has 2 heterocycles. The molecule has 20 heavy (non-hydrogen) atoms. The Hall–Kier alpha value is -1.46. The van der Waals surface area contributed by atoms with Gasteiger partial charge in [-0.2, -0.15) is 0 Å². The van der Waals surface area contributed by atoms with Crippen LogP contribution in [0.3, 0.4) is 0 Å². The summed E-state index contributed by atoms with van der Waals surface area (Å²) in [5.41, 5.74) is -0.287. The van der Waals surface area contributed by atoms with Crippen LogP contribution in [-0.4, -0.2) is 47.8 Å². The molecule has 108 valence electrons. The third-order valence-corrected chi connectivity index (χ3v) is 4.04. The fraction of sp³-hybridized carbons (Fsp3) is 0.500. The van der Waals surface area contributed by atoms with Gasteiger partial charge >= 0.3 is 0 Å². The monoisotopic (exact) mass is 297 g/mol. The van der Waals surface area contributed by atoms with E-state index in [0.717, 1.165) is 0 Å². The maximum atomic E-state index is 12.3. The molecule has 3 rings (SSSR count). The average Bonchev–Trinajstić information content (AvgIpc) is 2.43. The van der Waals surface area contributed by atoms with Crippen LogP contribution in [0.4, 0.5) is 0 Å². The highest BCUT2D eigenvalue weighted by Crippen LogP contribution is 2.39. The number of nitrogens with zero attached hydrogens (tertiary/aromatic N) is 1. The van der Waals surface area contributed by atoms with Crippen LogP contribution in [0, 0.1) is 0 Å². The maximum absolute atomic E-state index is 12.3. The second-order valence-corrected chi connectivity index (χ2v) is 5.63. The molecule has 0 aromatic heterocycles. The standard InChI is InChI=1S/C14H16ClNO4/c1-2-14(18)7-16(8-14)13(17)9-5-10(15)12-11(6-9)19-3-4-20-12/h5-6,18H,2-4,7-8H2,1H3. The number of aliphatic hydroxyl groups is 1. The van der Waals surface area contributed by atoms with Crippen molar-refractivity contribution in [3.63, 3.8) is 0 Å². The molecular weight excluding hydrogens is 282 g/mol. The summed E-state index contributed by atoms with van der Waals surface area (Å²) in [5, 5.41) is 10.3. The molecule has 1 fully saturated rings. The Kier molecular flexibility index (Phi) is 3.26. The van der Waals surface area contributed by atoms with Gasteiger partial charge in [0.2, 0.25) is 0 Å². The summed E-state index contributed by atoms with van der Waals surface area (Å²) < 4.78 is 10.9. The number of rotatable bonds is 2. The summed E-state index contributed by atoms with van der Waals surface area (Å²) in [6.07, 6.45) is 0.638. The number of benzene rings is 1. The zero-order valence-electron chi connectivity index (χ0n) is 11.2. The zero-order chi connectivity index (χ0) is 14.3. The van der Waals surface area contributed by atoms with Gasteiger partial charge in [0, 0.05) is 5.56 Å². The Balaban J connectivity index is 1.81. The molecule has 0 aliphatic carbocycles. The second-order valence-electron chi connectivity index (χ2n) is 5.22. The number of hydrogen-bond acceptors (Lipinski definition) is 4. The van der Waals surface area contributed by atoms with Crippen LogP contribution in [0.2, 0.25) is 5.02 Å². The highest BCUT2D eigenvalue weighted by atomic mass is 35.5. The smallest absolute Gasteiger partial charge is 0.254 e. The lowest BCUT2D eigenvalue weighted by atomic mass is 9.90. The SMILES string of the molecule is CCC1(O)CN(C(=O)c2cc(Cl)c3c(c2)OCCO3)C1. The number of carbonyl (C=O) groups is 1. The number of likely N-dealkylation sites (tertiary alicyclic amines) is 1. The molecule has 0 atom stereocenters. The molecule has 0 radical (unpaired) electrons. The van der Waals surface area contributed by atoms with Crippen LogP contribution < -0.4 is 9.47 Å². The van der Waals surface area contributed by atoms with Crippen molar-refractivity contribution >= 4 is 17.5 Å². The van der Waals surface area contributed by atoms with Gasteiger partial charge in [-0.15, -0.1) is 0 Å². The topological polar surface area (TPSA) is 59.0 Å². The van der Waals surface area contributed by atoms with E-state index in [9.17, 15) is 9.90 Å². The lowest BCUT2D eigenvalue weighted by molar-refractivity contribution is -0.0826. The van der Waals surface area contributed by atoms with Crippen molar-refractivity contribution in [1.82, 2.24) is 4.90 Å². The third kappa shape index (κ3) is 2.21. The fourth-order valence-electron chi connectivity index (χ4n) is 2.45. The number of hydrogen-bond donors (Lipinski definition) is 1. The Labute approximate surface area is 122 Å². The maximum Gasteiger partial charge on any atom is 0.254 e. The van der Waals surface area contributed by atoms with Crippen LogP contribution in [0.15, 0.2) is 12.1 Å². The largest absolute Gasteiger partial charge is 0.486 e. The Morgan fingerprint density at radius 2 is 2.10 bits per heavy atom. The number of carbonyl (C=O) groups excluding carboxylic acids is 1. The van der Waals surface area contributed by atoms with E-state index in [-0.39, 0.29) is 5.91 Å². The first kappa shape index (κ1) is 13.5. The van der Waals surface area contributed by atoms with Gasteiger partial charge in [0.05, 0.1) is 23.7 Å². The number of ether oxygens (including phenoxy) is 2. The van der Waals surface area contributed by atoms with Crippen LogP contribution in [-0.2, 0) is 0 Å². The van der Waals surface area contributed by atoms with Crippen molar-refractivity contribution in [1.29, 1.82) is 0 Å². The molecule has 0 bridgehead atoms. The number of halogens is 1. The summed E-state index contributed by atoms with van der Waals surface area (Å²) in [7, 11) is 0. The molecule has 5 nitrogen and oxygen atoms in total. The van der Waals surface area contributed by atoms with Gasteiger partial charge in [-0.25, -0.2) is 0 Å². The number of amides is 1. The summed E-state index contributed by atoms with van der Waals surface area (Å²) in [5.74, 6) is 0.837. The molecular formula is C14H16ClNO4. The molecule has 0 spiro atoms. The second kappa shape index (κ2) is 4.82. The Morgan fingerprint density at radius 1 is 1.40 bits per heavy atom. The predicted molar refractivity (Wildman–Crippen MR) is 73.6 cm³/mol. The van der Waals surface area contributed by atoms with Crippen molar-refractivity contribution in [3.8, 4) is 11.5 Å². The van der Waals surface area contributed by atoms with Crippen LogP contribution in [0.5, 0.6) is 11.5 Å². The van der Waals surface area contributed by atoms with E-state index < -0.39 is 5.60 Å². The first-order chi connectivity index (χ1) is 9.52. The zero-order valence-corrected chi connectivity index (χ0v) is 11.9. The molecule has 1 N–H and O–H groups in total. The van der Waals surface area contributed by atoms with E-state index in [0.29, 0.717) is 54.8 Å². The van der Waals surface area contributed by atoms with E-state index in [2.05, 4.69) is 0 Å². The lowest BCUT2D eigenvalue weighted by Crippen LogP contribution is -2.63. The van der Waals surface area contributed by atoms with Crippen LogP contribution >= 0.6 is 11.6 Å². The summed E-state index contributed by atoms with van der Waals surface area (Å²) in [4.78, 5) is 13.9. The van der Waals surface area contributed by atoms with Crippen molar-refractivity contribution in [2.75, 3.05) is 26.3 Å². The van der Waals surface area contributed by atoms with Crippen molar-refractivity contribution in [2.24, 2.45) is 0 Å². The third-order valence-electron chi connectivity index (χ3n) is 3.76. The lowest BCUT2D eigenvalue weighted by Gasteiger charge is -2.46. The van der Waals surface area contributed by atoms with E-state index in [1.54, 1.807) is 17.0 Å². The molecule has 6 heteroatoms. The predicted octanol–water partition coefficient (Wildman–Crippen LogP) is 1.71. The first-order valence-electron chi connectivity index (χ1n) is 6.63. The highest BCUT2D eigenvalue weighted by Gasteiger charge is 2.42. The highest BCUT2D eigenvalue weighted by molar-refractivity contribution is 6.32. The molecule has 1 aromatic rings. The summed E-state index contributed by atoms with van der Waals surface area (Å²) in [6, 6.07) is 3.23. The quantitative estimate of drug-likeness (QED) is 0.903. The van der Waals surface area contributed by atoms with Crippen LogP contribution in [0.25, 0.3) is 0 Å². The number of fused-ring (bicyclic) bond motifs is 1. The van der Waals surface area contributed by atoms with Crippen LogP contribution in [0.1, 0.15) is 23.7 Å². The van der Waals surface area contributed by atoms with Crippen molar-refractivity contribution in [2.45, 2.75) is 18.9 Å². The minimum absolute atomic E-state index is 0.151. The van der Waals surface area contributed by atoms with Gasteiger partial charge in [-0.1, -0.05) is 18.5 Å². The Bertz CT molecular complexity index is 554.